The summed E-state index contributed by atoms with van der Waals surface area (Å²) in [7, 11) is 0. The van der Waals surface area contributed by atoms with Gasteiger partial charge in [0.2, 0.25) is 0 Å². The molecule has 5 nitrogen and oxygen atoms in total. The van der Waals surface area contributed by atoms with Gasteiger partial charge in [-0.15, -0.1) is 0 Å². The molecule has 0 atom stereocenters. The number of hydrogen-bond donors (Lipinski definition) is 1. The molecule has 1 amide bonds. The van der Waals surface area contributed by atoms with Gasteiger partial charge in [0.05, 0.1) is 16.7 Å². The fourth-order valence-corrected chi connectivity index (χ4v) is 3.09. The van der Waals surface area contributed by atoms with Gasteiger partial charge in [0.25, 0.3) is 0 Å². The number of carbonyl (C=O) groups is 1. The summed E-state index contributed by atoms with van der Waals surface area (Å²) >= 11 is 0. The topological polar surface area (TPSA) is 58.2 Å². The van der Waals surface area contributed by atoms with Crippen molar-refractivity contribution < 1.29 is 9.53 Å². The fourth-order valence-electron chi connectivity index (χ4n) is 3.09. The van der Waals surface area contributed by atoms with Gasteiger partial charge in [0.15, 0.2) is 0 Å². The Morgan fingerprint density at radius 3 is 2.68 bits per heavy atom. The van der Waals surface area contributed by atoms with Gasteiger partial charge in [-0.2, -0.15) is 0 Å². The average Bonchev–Trinajstić information content (AvgIpc) is 2.90. The van der Waals surface area contributed by atoms with Crippen LogP contribution in [-0.2, 0) is 0 Å². The van der Waals surface area contributed by atoms with Gasteiger partial charge in [-0.05, 0) is 52.3 Å². The minimum absolute atomic E-state index is 0.277. The second-order valence-electron chi connectivity index (χ2n) is 7.34. The van der Waals surface area contributed by atoms with E-state index in [2.05, 4.69) is 16.9 Å². The molecule has 0 fully saturated rings. The normalized spacial score (nSPS) is 11.9. The quantitative estimate of drug-likeness (QED) is 0.728. The minimum atomic E-state index is -0.317. The van der Waals surface area contributed by atoms with E-state index in [4.69, 9.17) is 4.74 Å². The van der Waals surface area contributed by atoms with E-state index in [-0.39, 0.29) is 11.6 Å². The third-order valence-corrected chi connectivity index (χ3v) is 4.36. The number of rotatable bonds is 3. The molecule has 0 saturated heterocycles. The van der Waals surface area contributed by atoms with Crippen molar-refractivity contribution in [2.75, 3.05) is 6.54 Å². The average molecular weight is 339 g/mol. The number of carbonyl (C=O) groups excluding carboxylic acids is 1. The summed E-state index contributed by atoms with van der Waals surface area (Å²) in [5.41, 5.74) is 2.63. The molecule has 0 saturated carbocycles. The van der Waals surface area contributed by atoms with Crippen molar-refractivity contribution in [1.29, 1.82) is 0 Å². The molecule has 3 aromatic rings. The van der Waals surface area contributed by atoms with Gasteiger partial charge in [-0.1, -0.05) is 6.92 Å². The number of ether oxygens (including phenoxy) is 1. The van der Waals surface area contributed by atoms with E-state index in [0.29, 0.717) is 12.3 Å². The molecule has 0 unspecified atom stereocenters. The number of amides is 1. The van der Waals surface area contributed by atoms with Crippen LogP contribution >= 0.6 is 0 Å². The van der Waals surface area contributed by atoms with E-state index >= 15 is 0 Å². The minimum Gasteiger partial charge on any atom is -0.410 e. The standard InChI is InChI=1S/C20H25N3O2/c1-6-11-23(20(3,4)5)19(24)25-14-7-8-15-16-9-10-21-13(2)18(16)22-17(15)12-14/h7-10,12,22H,6,11H2,1-5H3. The molecular weight excluding hydrogens is 314 g/mol. The number of H-pyrrole nitrogens is 1. The predicted octanol–water partition coefficient (Wildman–Crippen LogP) is 5.03. The summed E-state index contributed by atoms with van der Waals surface area (Å²) in [6.07, 6.45) is 2.38. The highest BCUT2D eigenvalue weighted by atomic mass is 16.6. The highest BCUT2D eigenvalue weighted by Crippen LogP contribution is 2.29. The molecule has 2 aromatic heterocycles. The Bertz CT molecular complexity index is 922. The van der Waals surface area contributed by atoms with Gasteiger partial charge in [-0.25, -0.2) is 4.79 Å². The van der Waals surface area contributed by atoms with Crippen LogP contribution in [0.3, 0.4) is 0 Å². The van der Waals surface area contributed by atoms with E-state index in [9.17, 15) is 4.79 Å². The van der Waals surface area contributed by atoms with Crippen LogP contribution in [0.15, 0.2) is 30.5 Å². The summed E-state index contributed by atoms with van der Waals surface area (Å²) in [6.45, 7) is 10.7. The Morgan fingerprint density at radius 1 is 1.24 bits per heavy atom. The maximum Gasteiger partial charge on any atom is 0.415 e. The molecule has 1 N–H and O–H groups in total. The smallest absolute Gasteiger partial charge is 0.410 e. The molecule has 5 heteroatoms. The molecule has 0 aliphatic heterocycles. The number of aromatic nitrogens is 2. The zero-order chi connectivity index (χ0) is 18.2. The van der Waals surface area contributed by atoms with Crippen LogP contribution in [0.5, 0.6) is 5.75 Å². The number of nitrogens with zero attached hydrogens (tertiary/aromatic N) is 2. The van der Waals surface area contributed by atoms with E-state index in [1.54, 1.807) is 4.90 Å². The molecule has 2 heterocycles. The van der Waals surface area contributed by atoms with Crippen molar-refractivity contribution in [3.05, 3.63) is 36.2 Å². The Labute approximate surface area is 148 Å². The van der Waals surface area contributed by atoms with Crippen molar-refractivity contribution >= 4 is 27.9 Å². The van der Waals surface area contributed by atoms with Gasteiger partial charge >= 0.3 is 6.09 Å². The van der Waals surface area contributed by atoms with E-state index < -0.39 is 0 Å². The molecule has 0 spiro atoms. The number of hydrogen-bond acceptors (Lipinski definition) is 3. The van der Waals surface area contributed by atoms with Crippen molar-refractivity contribution in [2.24, 2.45) is 0 Å². The largest absolute Gasteiger partial charge is 0.415 e. The number of nitrogens with one attached hydrogen (secondary N) is 1. The molecular formula is C20H25N3O2. The van der Waals surface area contributed by atoms with Gasteiger partial charge in [-0.3, -0.25) is 4.98 Å². The van der Waals surface area contributed by atoms with E-state index in [1.807, 2.05) is 58.2 Å². The van der Waals surface area contributed by atoms with Gasteiger partial charge in [0, 0.05) is 35.1 Å². The van der Waals surface area contributed by atoms with Crippen molar-refractivity contribution in [3.63, 3.8) is 0 Å². The van der Waals surface area contributed by atoms with E-state index in [1.165, 1.54) is 0 Å². The van der Waals surface area contributed by atoms with Crippen LogP contribution in [0.25, 0.3) is 21.8 Å². The zero-order valence-corrected chi connectivity index (χ0v) is 15.5. The first-order valence-electron chi connectivity index (χ1n) is 8.67. The number of aryl methyl sites for hydroxylation is 1. The fraction of sp³-hybridized carbons (Fsp3) is 0.400. The first-order valence-corrected chi connectivity index (χ1v) is 8.67. The van der Waals surface area contributed by atoms with Crippen molar-refractivity contribution in [1.82, 2.24) is 14.9 Å². The summed E-state index contributed by atoms with van der Waals surface area (Å²) in [5, 5.41) is 2.23. The Balaban J connectivity index is 1.93. The van der Waals surface area contributed by atoms with Crippen LogP contribution in [0, 0.1) is 6.92 Å². The molecule has 0 bridgehead atoms. The zero-order valence-electron chi connectivity index (χ0n) is 15.5. The summed E-state index contributed by atoms with van der Waals surface area (Å²) in [6, 6.07) is 7.70. The SMILES string of the molecule is CCCN(C(=O)Oc1ccc2c(c1)[nH]c1c(C)nccc12)C(C)(C)C. The third kappa shape index (κ3) is 3.31. The van der Waals surface area contributed by atoms with Gasteiger partial charge < -0.3 is 14.6 Å². The second kappa shape index (κ2) is 6.39. The lowest BCUT2D eigenvalue weighted by atomic mass is 10.1. The number of benzene rings is 1. The lowest BCUT2D eigenvalue weighted by Crippen LogP contribution is -2.47. The number of fused-ring (bicyclic) bond motifs is 3. The summed E-state index contributed by atoms with van der Waals surface area (Å²) in [5.74, 6) is 0.542. The van der Waals surface area contributed by atoms with Gasteiger partial charge in [0.1, 0.15) is 5.75 Å². The summed E-state index contributed by atoms with van der Waals surface area (Å²) in [4.78, 5) is 22.1. The van der Waals surface area contributed by atoms with Crippen molar-refractivity contribution in [3.8, 4) is 5.75 Å². The van der Waals surface area contributed by atoms with Crippen LogP contribution in [-0.4, -0.2) is 33.0 Å². The summed E-state index contributed by atoms with van der Waals surface area (Å²) < 4.78 is 5.64. The molecule has 3 rings (SSSR count). The molecule has 1 aromatic carbocycles. The Kier molecular flexibility index (Phi) is 4.41. The molecule has 0 radical (unpaired) electrons. The number of aromatic amines is 1. The van der Waals surface area contributed by atoms with E-state index in [0.717, 1.165) is 33.9 Å². The Hall–Kier alpha value is -2.56. The van der Waals surface area contributed by atoms with Crippen molar-refractivity contribution in [2.45, 2.75) is 46.6 Å². The molecule has 0 aliphatic rings. The van der Waals surface area contributed by atoms with Crippen LogP contribution < -0.4 is 4.74 Å². The molecule has 132 valence electrons. The monoisotopic (exact) mass is 339 g/mol. The highest BCUT2D eigenvalue weighted by molar-refractivity contribution is 6.08. The third-order valence-electron chi connectivity index (χ3n) is 4.36. The van der Waals surface area contributed by atoms with Crippen LogP contribution in [0.2, 0.25) is 0 Å². The second-order valence-corrected chi connectivity index (χ2v) is 7.34. The van der Waals surface area contributed by atoms with Crippen LogP contribution in [0.4, 0.5) is 4.79 Å². The maximum absolute atomic E-state index is 12.6. The highest BCUT2D eigenvalue weighted by Gasteiger charge is 2.27. The lowest BCUT2D eigenvalue weighted by molar-refractivity contribution is 0.107. The predicted molar refractivity (Wildman–Crippen MR) is 101 cm³/mol. The Morgan fingerprint density at radius 2 is 2.00 bits per heavy atom. The lowest BCUT2D eigenvalue weighted by Gasteiger charge is -2.34. The van der Waals surface area contributed by atoms with Crippen LogP contribution in [0.1, 0.15) is 39.8 Å². The maximum atomic E-state index is 12.6. The first-order chi connectivity index (χ1) is 11.8. The number of pyridine rings is 1. The molecule has 0 aliphatic carbocycles. The first kappa shape index (κ1) is 17.3. The molecule has 25 heavy (non-hydrogen) atoms.